The summed E-state index contributed by atoms with van der Waals surface area (Å²) in [6, 6.07) is 18.6. The molecule has 0 aliphatic heterocycles. The van der Waals surface area contributed by atoms with Gasteiger partial charge in [0.05, 0.1) is 23.8 Å². The van der Waals surface area contributed by atoms with Crippen molar-refractivity contribution in [2.75, 3.05) is 6.61 Å². The Morgan fingerprint density at radius 2 is 1.85 bits per heavy atom. The van der Waals surface area contributed by atoms with Crippen LogP contribution in [0.15, 0.2) is 71.9 Å². The van der Waals surface area contributed by atoms with Crippen LogP contribution in [0.2, 0.25) is 0 Å². The summed E-state index contributed by atoms with van der Waals surface area (Å²) in [5.74, 6) is 0.991. The normalized spacial score (nSPS) is 11.3. The number of aryl methyl sites for hydroxylation is 1. The van der Waals surface area contributed by atoms with Gasteiger partial charge in [0.25, 0.3) is 0 Å². The average molecular weight is 363 g/mol. The third-order valence-electron chi connectivity index (χ3n) is 3.75. The molecule has 0 unspecified atom stereocenters. The van der Waals surface area contributed by atoms with Gasteiger partial charge in [-0.05, 0) is 37.1 Å². The minimum Gasteiger partial charge on any atom is -0.478 e. The summed E-state index contributed by atoms with van der Waals surface area (Å²) < 4.78 is 12.8. The third-order valence-corrected chi connectivity index (χ3v) is 3.75. The molecule has 0 saturated heterocycles. The van der Waals surface area contributed by atoms with Gasteiger partial charge in [-0.15, -0.1) is 0 Å². The Hall–Kier alpha value is -3.41. The van der Waals surface area contributed by atoms with Gasteiger partial charge < -0.3 is 9.47 Å². The van der Waals surface area contributed by atoms with E-state index in [-0.39, 0.29) is 0 Å². The second-order valence-electron chi connectivity index (χ2n) is 5.89. The van der Waals surface area contributed by atoms with Crippen molar-refractivity contribution in [2.24, 2.45) is 4.99 Å². The average Bonchev–Trinajstić information content (AvgIpc) is 2.69. The molecule has 0 spiro atoms. The molecule has 3 rings (SSSR count). The van der Waals surface area contributed by atoms with Crippen molar-refractivity contribution >= 4 is 6.09 Å². The lowest BCUT2D eigenvalue weighted by Crippen LogP contribution is -2.16. The molecule has 3 aromatic rings. The van der Waals surface area contributed by atoms with E-state index in [1.165, 1.54) is 6.20 Å². The summed E-state index contributed by atoms with van der Waals surface area (Å²) in [6.07, 6.45) is 1.65. The lowest BCUT2D eigenvalue weighted by molar-refractivity contribution is 0.210. The van der Waals surface area contributed by atoms with Crippen LogP contribution in [-0.4, -0.2) is 22.5 Å². The molecule has 27 heavy (non-hydrogen) atoms. The second-order valence-corrected chi connectivity index (χ2v) is 5.89. The molecule has 0 radical (unpaired) electrons. The standard InChI is InChI=1S/C21H21N3O3/c1-3-13-26-20-14-17(15-22-24(20)18-10-5-4-6-11-18)23-21(25)27-19-12-8-7-9-16(19)2/h4-12,14-15H,3,13H2,1-2H3. The van der Waals surface area contributed by atoms with Crippen LogP contribution in [-0.2, 0) is 0 Å². The monoisotopic (exact) mass is 363 g/mol. The summed E-state index contributed by atoms with van der Waals surface area (Å²) >= 11 is 0. The zero-order valence-electron chi connectivity index (χ0n) is 15.3. The van der Waals surface area contributed by atoms with E-state index >= 15 is 0 Å². The van der Waals surface area contributed by atoms with Gasteiger partial charge in [-0.3, -0.25) is 0 Å². The Morgan fingerprint density at radius 3 is 2.59 bits per heavy atom. The largest absolute Gasteiger partial charge is 0.478 e. The molecule has 6 nitrogen and oxygen atoms in total. The highest BCUT2D eigenvalue weighted by Crippen LogP contribution is 2.17. The lowest BCUT2D eigenvalue weighted by Gasteiger charge is -2.12. The fourth-order valence-electron chi connectivity index (χ4n) is 2.43. The van der Waals surface area contributed by atoms with Crippen molar-refractivity contribution in [1.82, 2.24) is 9.78 Å². The Bertz CT molecular complexity index is 981. The fourth-order valence-corrected chi connectivity index (χ4v) is 2.43. The van der Waals surface area contributed by atoms with Crippen LogP contribution in [0.25, 0.3) is 5.69 Å². The van der Waals surface area contributed by atoms with Crippen molar-refractivity contribution in [1.29, 1.82) is 0 Å². The van der Waals surface area contributed by atoms with Gasteiger partial charge >= 0.3 is 6.09 Å². The van der Waals surface area contributed by atoms with E-state index < -0.39 is 6.09 Å². The summed E-state index contributed by atoms with van der Waals surface area (Å²) in [5, 5.41) is 4.74. The van der Waals surface area contributed by atoms with Crippen molar-refractivity contribution in [3.63, 3.8) is 0 Å². The van der Waals surface area contributed by atoms with E-state index in [0.717, 1.165) is 17.7 Å². The highest BCUT2D eigenvalue weighted by molar-refractivity contribution is 5.71. The summed E-state index contributed by atoms with van der Waals surface area (Å²) in [7, 11) is 0. The smallest absolute Gasteiger partial charge is 0.439 e. The van der Waals surface area contributed by atoms with E-state index in [1.807, 2.05) is 56.3 Å². The molecular weight excluding hydrogens is 342 g/mol. The molecule has 1 aromatic heterocycles. The van der Waals surface area contributed by atoms with Crippen LogP contribution in [0.1, 0.15) is 18.9 Å². The zero-order valence-corrected chi connectivity index (χ0v) is 15.3. The molecule has 0 atom stereocenters. The molecule has 1 heterocycles. The Labute approximate surface area is 157 Å². The van der Waals surface area contributed by atoms with Crippen molar-refractivity contribution in [3.05, 3.63) is 77.8 Å². The van der Waals surface area contributed by atoms with Crippen molar-refractivity contribution in [2.45, 2.75) is 20.3 Å². The molecule has 0 aliphatic rings. The van der Waals surface area contributed by atoms with Crippen LogP contribution >= 0.6 is 0 Å². The molecule has 138 valence electrons. The van der Waals surface area contributed by atoms with Crippen molar-refractivity contribution < 1.29 is 14.3 Å². The van der Waals surface area contributed by atoms with Crippen LogP contribution in [0.5, 0.6) is 11.6 Å². The minimum atomic E-state index is -0.704. The Morgan fingerprint density at radius 1 is 1.11 bits per heavy atom. The number of carbonyl (C=O) groups excluding carboxylic acids is 1. The number of ether oxygens (including phenoxy) is 2. The highest BCUT2D eigenvalue weighted by atomic mass is 16.5. The van der Waals surface area contributed by atoms with Gasteiger partial charge in [0.2, 0.25) is 5.88 Å². The number of benzene rings is 2. The molecule has 6 heteroatoms. The lowest BCUT2D eigenvalue weighted by atomic mass is 10.2. The van der Waals surface area contributed by atoms with Gasteiger partial charge in [-0.1, -0.05) is 43.3 Å². The molecule has 1 amide bonds. The summed E-state index contributed by atoms with van der Waals surface area (Å²) in [6.45, 7) is 4.42. The van der Waals surface area contributed by atoms with Gasteiger partial charge in [0.1, 0.15) is 5.75 Å². The maximum atomic E-state index is 12.2. The molecule has 0 N–H and O–H groups in total. The summed E-state index contributed by atoms with van der Waals surface area (Å²) in [5.41, 5.74) is 1.72. The fraction of sp³-hybridized carbons (Fsp3) is 0.190. The second kappa shape index (κ2) is 8.80. The maximum absolute atomic E-state index is 12.2. The summed E-state index contributed by atoms with van der Waals surface area (Å²) in [4.78, 5) is 16.1. The van der Waals surface area contributed by atoms with Crippen molar-refractivity contribution in [3.8, 4) is 17.3 Å². The Balaban J connectivity index is 1.90. The van der Waals surface area contributed by atoms with E-state index in [1.54, 1.807) is 22.9 Å². The number of para-hydroxylation sites is 2. The number of amides is 1. The maximum Gasteiger partial charge on any atom is 0.439 e. The first-order valence-corrected chi connectivity index (χ1v) is 8.77. The number of rotatable bonds is 5. The first-order chi connectivity index (χ1) is 13.2. The number of carbonyl (C=O) groups is 1. The third kappa shape index (κ3) is 4.82. The number of hydrogen-bond donors (Lipinski definition) is 0. The topological polar surface area (TPSA) is 65.7 Å². The quantitative estimate of drug-likeness (QED) is 0.685. The number of nitrogens with zero attached hydrogens (tertiary/aromatic N) is 3. The molecule has 2 aromatic carbocycles. The molecule has 0 fully saturated rings. The molecule has 0 bridgehead atoms. The van der Waals surface area contributed by atoms with E-state index in [4.69, 9.17) is 9.47 Å². The number of aromatic nitrogens is 2. The van der Waals surface area contributed by atoms with Crippen LogP contribution in [0.3, 0.4) is 0 Å². The highest BCUT2D eigenvalue weighted by Gasteiger charge is 2.08. The molecule has 0 aliphatic carbocycles. The minimum absolute atomic E-state index is 0.367. The van der Waals surface area contributed by atoms with Gasteiger partial charge in [-0.2, -0.15) is 10.1 Å². The van der Waals surface area contributed by atoms with Crippen LogP contribution in [0, 0.1) is 6.92 Å². The van der Waals surface area contributed by atoms with E-state index in [0.29, 0.717) is 23.6 Å². The first kappa shape index (κ1) is 18.4. The first-order valence-electron chi connectivity index (χ1n) is 8.77. The SMILES string of the molecule is CCCOc1cc(=NC(=O)Oc2ccccc2C)cnn1-c1ccccc1. The van der Waals surface area contributed by atoms with Gasteiger partial charge in [0, 0.05) is 6.07 Å². The predicted molar refractivity (Wildman–Crippen MR) is 102 cm³/mol. The van der Waals surface area contributed by atoms with Crippen LogP contribution in [0.4, 0.5) is 4.79 Å². The van der Waals surface area contributed by atoms with E-state index in [9.17, 15) is 4.79 Å². The van der Waals surface area contributed by atoms with Gasteiger partial charge in [-0.25, -0.2) is 9.48 Å². The molecular formula is C21H21N3O3. The van der Waals surface area contributed by atoms with E-state index in [2.05, 4.69) is 10.1 Å². The number of hydrogen-bond acceptors (Lipinski definition) is 4. The molecule has 0 saturated carbocycles. The predicted octanol–water partition coefficient (Wildman–Crippen LogP) is 4.07. The zero-order chi connectivity index (χ0) is 19.1. The Kier molecular flexibility index (Phi) is 5.99. The van der Waals surface area contributed by atoms with Crippen LogP contribution < -0.4 is 14.8 Å². The van der Waals surface area contributed by atoms with Gasteiger partial charge in [0.15, 0.2) is 0 Å².